The van der Waals surface area contributed by atoms with Gasteiger partial charge < -0.3 is 21.4 Å². The molecule has 0 amide bonds. The van der Waals surface area contributed by atoms with Crippen LogP contribution in [0.1, 0.15) is 68.9 Å². The molecule has 27 heavy (non-hydrogen) atoms. The monoisotopic (exact) mass is 386 g/mol. The van der Waals surface area contributed by atoms with Crippen molar-refractivity contribution in [1.29, 1.82) is 0 Å². The van der Waals surface area contributed by atoms with Crippen LogP contribution in [0.15, 0.2) is 18.2 Å². The highest BCUT2D eigenvalue weighted by Gasteiger charge is 2.43. The van der Waals surface area contributed by atoms with Crippen LogP contribution in [0.5, 0.6) is 0 Å². The molecule has 1 saturated carbocycles. The van der Waals surface area contributed by atoms with Gasteiger partial charge in [-0.15, -0.1) is 0 Å². The molecular weight excluding hydrogens is 350 g/mol. The predicted octanol–water partition coefficient (Wildman–Crippen LogP) is 4.75. The first kappa shape index (κ1) is 25.6. The van der Waals surface area contributed by atoms with E-state index >= 15 is 0 Å². The molecule has 0 aromatic heterocycles. The Morgan fingerprint density at radius 2 is 1.93 bits per heavy atom. The SMILES string of the molecule is CNC(CCC=O)CCCCCC1(c2ccc(F)c(C)c2)CC1.N.OCF. The number of aliphatic hydroxyl groups is 1. The summed E-state index contributed by atoms with van der Waals surface area (Å²) in [5.41, 5.74) is 2.43. The maximum Gasteiger partial charge on any atom is 0.185 e. The number of carbonyl (C=O) groups excluding carboxylic acids is 1. The van der Waals surface area contributed by atoms with Crippen LogP contribution in [-0.4, -0.2) is 31.3 Å². The zero-order chi connectivity index (χ0) is 19.4. The maximum absolute atomic E-state index is 13.4. The molecule has 0 heterocycles. The fourth-order valence-electron chi connectivity index (χ4n) is 3.54. The van der Waals surface area contributed by atoms with Gasteiger partial charge in [0.05, 0.1) is 0 Å². The summed E-state index contributed by atoms with van der Waals surface area (Å²) in [6.07, 6.45) is 11.1. The number of nitrogens with one attached hydrogen (secondary N) is 1. The molecule has 2 rings (SSSR count). The highest BCUT2D eigenvalue weighted by atomic mass is 19.1. The Morgan fingerprint density at radius 3 is 2.44 bits per heavy atom. The van der Waals surface area contributed by atoms with E-state index in [2.05, 4.69) is 5.32 Å². The molecule has 0 radical (unpaired) electrons. The van der Waals surface area contributed by atoms with Crippen LogP contribution in [0.4, 0.5) is 8.78 Å². The van der Waals surface area contributed by atoms with Crippen LogP contribution in [0.3, 0.4) is 0 Å². The van der Waals surface area contributed by atoms with E-state index in [1.807, 2.05) is 26.1 Å². The van der Waals surface area contributed by atoms with Crippen LogP contribution in [-0.2, 0) is 10.2 Å². The number of aryl methyl sites for hydroxylation is 1. The Bertz CT molecular complexity index is 537. The van der Waals surface area contributed by atoms with E-state index in [1.165, 1.54) is 44.1 Å². The molecule has 1 aromatic carbocycles. The molecule has 0 saturated heterocycles. The molecular formula is C21H36F2N2O2. The molecule has 5 N–H and O–H groups in total. The Kier molecular flexibility index (Phi) is 13.0. The summed E-state index contributed by atoms with van der Waals surface area (Å²) in [5.74, 6) is -0.0991. The quantitative estimate of drug-likeness (QED) is 0.378. The average Bonchev–Trinajstić information content (AvgIpc) is 3.41. The predicted molar refractivity (Wildman–Crippen MR) is 106 cm³/mol. The van der Waals surface area contributed by atoms with Gasteiger partial charge in [0.2, 0.25) is 0 Å². The molecule has 1 fully saturated rings. The fourth-order valence-corrected chi connectivity index (χ4v) is 3.54. The van der Waals surface area contributed by atoms with E-state index < -0.39 is 6.86 Å². The van der Waals surface area contributed by atoms with Crippen LogP contribution in [0.2, 0.25) is 0 Å². The Labute approximate surface area is 162 Å². The number of benzene rings is 1. The van der Waals surface area contributed by atoms with Crippen LogP contribution in [0.25, 0.3) is 0 Å². The highest BCUT2D eigenvalue weighted by Crippen LogP contribution is 2.52. The minimum Gasteiger partial charge on any atom is -0.366 e. The van der Waals surface area contributed by atoms with Crippen molar-refractivity contribution in [3.63, 3.8) is 0 Å². The molecule has 1 aromatic rings. The van der Waals surface area contributed by atoms with E-state index in [1.54, 1.807) is 6.07 Å². The van der Waals surface area contributed by atoms with Crippen LogP contribution in [0, 0.1) is 12.7 Å². The van der Waals surface area contributed by atoms with Crippen LogP contribution >= 0.6 is 0 Å². The third-order valence-electron chi connectivity index (χ3n) is 5.37. The van der Waals surface area contributed by atoms with E-state index in [9.17, 15) is 13.6 Å². The van der Waals surface area contributed by atoms with Crippen molar-refractivity contribution in [3.8, 4) is 0 Å². The lowest BCUT2D eigenvalue weighted by Gasteiger charge is -2.17. The summed E-state index contributed by atoms with van der Waals surface area (Å²) in [5, 5.41) is 10.2. The second-order valence-corrected chi connectivity index (χ2v) is 7.19. The first-order chi connectivity index (χ1) is 12.5. The minimum atomic E-state index is -1.25. The number of rotatable bonds is 11. The third-order valence-corrected chi connectivity index (χ3v) is 5.37. The molecule has 0 aliphatic heterocycles. The standard InChI is InChI=1S/C20H30FNO.CH3FO.H3N/c1-16-15-17(9-10-19(16)21)20(12-13-20)11-5-3-4-7-18(22-2)8-6-14-23;2-1-3;/h9-10,14-15,18,22H,3-8,11-13H2,1-2H3;3H,1H2;1H3. The molecule has 0 bridgehead atoms. The summed E-state index contributed by atoms with van der Waals surface area (Å²) < 4.78 is 23.3. The molecule has 4 nitrogen and oxygen atoms in total. The second kappa shape index (κ2) is 13.7. The van der Waals surface area contributed by atoms with Crippen molar-refractivity contribution in [1.82, 2.24) is 11.5 Å². The van der Waals surface area contributed by atoms with Gasteiger partial charge in [0, 0.05) is 12.5 Å². The average molecular weight is 387 g/mol. The Morgan fingerprint density at radius 1 is 1.26 bits per heavy atom. The lowest BCUT2D eigenvalue weighted by Crippen LogP contribution is -2.25. The van der Waals surface area contributed by atoms with Crippen molar-refractivity contribution in [2.24, 2.45) is 0 Å². The molecule has 1 unspecified atom stereocenters. The first-order valence-corrected chi connectivity index (χ1v) is 9.57. The van der Waals surface area contributed by atoms with Crippen molar-refractivity contribution in [2.45, 2.75) is 76.2 Å². The van der Waals surface area contributed by atoms with Crippen LogP contribution < -0.4 is 11.5 Å². The van der Waals surface area contributed by atoms with Gasteiger partial charge in [-0.05, 0) is 68.7 Å². The summed E-state index contributed by atoms with van der Waals surface area (Å²) in [6.45, 7) is 0.603. The summed E-state index contributed by atoms with van der Waals surface area (Å²) >= 11 is 0. The number of carbonyl (C=O) groups is 1. The summed E-state index contributed by atoms with van der Waals surface area (Å²) in [4.78, 5) is 10.4. The number of aliphatic hydroxyl groups excluding tert-OH is 1. The van der Waals surface area contributed by atoms with Gasteiger partial charge >= 0.3 is 0 Å². The first-order valence-electron chi connectivity index (χ1n) is 9.57. The van der Waals surface area contributed by atoms with Crippen molar-refractivity contribution in [3.05, 3.63) is 35.1 Å². The van der Waals surface area contributed by atoms with Gasteiger partial charge in [0.1, 0.15) is 12.1 Å². The Balaban J connectivity index is 0.00000158. The van der Waals surface area contributed by atoms with Crippen molar-refractivity contribution < 1.29 is 18.7 Å². The zero-order valence-corrected chi connectivity index (χ0v) is 16.8. The van der Waals surface area contributed by atoms with Gasteiger partial charge in [0.15, 0.2) is 6.86 Å². The van der Waals surface area contributed by atoms with E-state index in [4.69, 9.17) is 5.11 Å². The molecule has 1 aliphatic carbocycles. The maximum atomic E-state index is 13.4. The zero-order valence-electron chi connectivity index (χ0n) is 16.8. The number of halogens is 2. The van der Waals surface area contributed by atoms with Gasteiger partial charge in [0.25, 0.3) is 0 Å². The number of aldehydes is 1. The van der Waals surface area contributed by atoms with Gasteiger partial charge in [-0.3, -0.25) is 0 Å². The Hall–Kier alpha value is -1.37. The lowest BCUT2D eigenvalue weighted by molar-refractivity contribution is -0.108. The fraction of sp³-hybridized carbons (Fsp3) is 0.667. The summed E-state index contributed by atoms with van der Waals surface area (Å²) in [6, 6.07) is 6.11. The second-order valence-electron chi connectivity index (χ2n) is 7.19. The summed E-state index contributed by atoms with van der Waals surface area (Å²) in [7, 11) is 1.98. The van der Waals surface area contributed by atoms with Gasteiger partial charge in [-0.25, -0.2) is 8.78 Å². The number of hydrogen-bond acceptors (Lipinski definition) is 4. The van der Waals surface area contributed by atoms with E-state index in [-0.39, 0.29) is 12.0 Å². The van der Waals surface area contributed by atoms with Crippen molar-refractivity contribution >= 4 is 6.29 Å². The van der Waals surface area contributed by atoms with Gasteiger partial charge in [-0.1, -0.05) is 31.4 Å². The smallest absolute Gasteiger partial charge is 0.185 e. The lowest BCUT2D eigenvalue weighted by atomic mass is 9.88. The van der Waals surface area contributed by atoms with Gasteiger partial charge in [-0.2, -0.15) is 0 Å². The largest absolute Gasteiger partial charge is 0.366 e. The number of hydrogen-bond donors (Lipinski definition) is 3. The third kappa shape index (κ3) is 8.91. The van der Waals surface area contributed by atoms with E-state index in [0.29, 0.717) is 17.9 Å². The minimum absolute atomic E-state index is 0. The normalized spacial score (nSPS) is 15.1. The number of unbranched alkanes of at least 4 members (excludes halogenated alkanes) is 2. The molecule has 156 valence electrons. The molecule has 1 aliphatic rings. The van der Waals surface area contributed by atoms with Crippen molar-refractivity contribution in [2.75, 3.05) is 13.9 Å². The molecule has 0 spiro atoms. The highest BCUT2D eigenvalue weighted by molar-refractivity contribution is 5.49. The topological polar surface area (TPSA) is 84.3 Å². The molecule has 6 heteroatoms. The number of alkyl halides is 1. The van der Waals surface area contributed by atoms with E-state index in [0.717, 1.165) is 24.7 Å². The molecule has 1 atom stereocenters.